The molecule has 1 rings (SSSR count). The number of aromatic amines is 1. The number of aromatic nitrogens is 2. The number of ether oxygens (including phenoxy) is 1. The number of alkyl halides is 3. The van der Waals surface area contributed by atoms with E-state index in [0.29, 0.717) is 6.54 Å². The van der Waals surface area contributed by atoms with Crippen LogP contribution in [-0.4, -0.2) is 35.5 Å². The lowest BCUT2D eigenvalue weighted by atomic mass is 10.2. The highest BCUT2D eigenvalue weighted by molar-refractivity contribution is 5.52. The van der Waals surface area contributed by atoms with Crippen molar-refractivity contribution in [2.45, 2.75) is 46.0 Å². The second-order valence-electron chi connectivity index (χ2n) is 4.97. The third-order valence-corrected chi connectivity index (χ3v) is 2.97. The van der Waals surface area contributed by atoms with Gasteiger partial charge in [-0.2, -0.15) is 18.3 Å². The third-order valence-electron chi connectivity index (χ3n) is 2.97. The Labute approximate surface area is 121 Å². The van der Waals surface area contributed by atoms with Crippen molar-refractivity contribution in [2.24, 2.45) is 0 Å². The first kappa shape index (κ1) is 17.5. The van der Waals surface area contributed by atoms with Crippen LogP contribution in [0.5, 0.6) is 0 Å². The fourth-order valence-corrected chi connectivity index (χ4v) is 2.02. The van der Waals surface area contributed by atoms with Gasteiger partial charge in [0.25, 0.3) is 5.56 Å². The predicted molar refractivity (Wildman–Crippen MR) is 73.4 cm³/mol. The quantitative estimate of drug-likeness (QED) is 0.877. The summed E-state index contributed by atoms with van der Waals surface area (Å²) in [6, 6.07) is -0.318. The lowest BCUT2D eigenvalue weighted by Crippen LogP contribution is -2.40. The maximum atomic E-state index is 13.1. The highest BCUT2D eigenvalue weighted by atomic mass is 19.4. The Hall–Kier alpha value is -1.57. The van der Waals surface area contributed by atoms with Crippen molar-refractivity contribution in [3.05, 3.63) is 22.1 Å². The van der Waals surface area contributed by atoms with Crippen molar-refractivity contribution >= 4 is 5.69 Å². The summed E-state index contributed by atoms with van der Waals surface area (Å²) in [6.45, 7) is 7.71. The molecule has 0 aromatic carbocycles. The van der Waals surface area contributed by atoms with Crippen molar-refractivity contribution in [3.8, 4) is 0 Å². The molecule has 8 heteroatoms. The molecule has 1 atom stereocenters. The normalized spacial score (nSPS) is 13.5. The minimum atomic E-state index is -4.74. The van der Waals surface area contributed by atoms with E-state index in [2.05, 4.69) is 5.10 Å². The standard InChI is InChI=1S/C13H20F3N3O2/c1-5-19(9(4)7-21-8(2)3)10-6-17-18-12(20)11(10)13(14,15)16/h6,8-9H,5,7H2,1-4H3,(H,18,20)/t9-/m0/s1. The van der Waals surface area contributed by atoms with E-state index in [1.807, 2.05) is 18.9 Å². The van der Waals surface area contributed by atoms with Crippen LogP contribution in [0, 0.1) is 0 Å². The van der Waals surface area contributed by atoms with E-state index in [-0.39, 0.29) is 24.4 Å². The topological polar surface area (TPSA) is 58.2 Å². The molecule has 0 unspecified atom stereocenters. The maximum absolute atomic E-state index is 13.1. The van der Waals surface area contributed by atoms with E-state index in [1.165, 1.54) is 4.90 Å². The smallest absolute Gasteiger partial charge is 0.377 e. The Bertz CT molecular complexity index is 514. The van der Waals surface area contributed by atoms with Crippen molar-refractivity contribution in [1.29, 1.82) is 0 Å². The first-order valence-electron chi connectivity index (χ1n) is 6.71. The molecular formula is C13H20F3N3O2. The summed E-state index contributed by atoms with van der Waals surface area (Å²) < 4.78 is 44.7. The Morgan fingerprint density at radius 3 is 2.48 bits per heavy atom. The molecule has 120 valence electrons. The molecule has 5 nitrogen and oxygen atoms in total. The van der Waals surface area contributed by atoms with Gasteiger partial charge in [-0.05, 0) is 27.7 Å². The van der Waals surface area contributed by atoms with Gasteiger partial charge in [0, 0.05) is 12.6 Å². The molecule has 1 heterocycles. The van der Waals surface area contributed by atoms with Gasteiger partial charge in [0.05, 0.1) is 24.6 Å². The van der Waals surface area contributed by atoms with Gasteiger partial charge in [-0.3, -0.25) is 4.79 Å². The molecule has 21 heavy (non-hydrogen) atoms. The fourth-order valence-electron chi connectivity index (χ4n) is 2.02. The molecule has 0 aliphatic heterocycles. The van der Waals surface area contributed by atoms with Gasteiger partial charge in [-0.15, -0.1) is 0 Å². The zero-order valence-corrected chi connectivity index (χ0v) is 12.5. The molecule has 0 amide bonds. The summed E-state index contributed by atoms with van der Waals surface area (Å²) in [4.78, 5) is 13.0. The molecule has 1 N–H and O–H groups in total. The molecule has 0 spiro atoms. The lowest BCUT2D eigenvalue weighted by Gasteiger charge is -2.31. The molecule has 0 radical (unpaired) electrons. The summed E-state index contributed by atoms with van der Waals surface area (Å²) in [5, 5.41) is 5.32. The number of hydrogen-bond donors (Lipinski definition) is 1. The highest BCUT2D eigenvalue weighted by Gasteiger charge is 2.39. The van der Waals surface area contributed by atoms with E-state index < -0.39 is 17.3 Å². The van der Waals surface area contributed by atoms with Crippen molar-refractivity contribution in [3.63, 3.8) is 0 Å². The van der Waals surface area contributed by atoms with Crippen molar-refractivity contribution in [2.75, 3.05) is 18.1 Å². The van der Waals surface area contributed by atoms with E-state index >= 15 is 0 Å². The summed E-state index contributed by atoms with van der Waals surface area (Å²) in [5.74, 6) is 0. The molecule has 0 bridgehead atoms. The Morgan fingerprint density at radius 1 is 1.38 bits per heavy atom. The Kier molecular flexibility index (Phi) is 5.77. The van der Waals surface area contributed by atoms with E-state index in [9.17, 15) is 18.0 Å². The highest BCUT2D eigenvalue weighted by Crippen LogP contribution is 2.33. The second kappa shape index (κ2) is 6.93. The zero-order valence-electron chi connectivity index (χ0n) is 12.5. The van der Waals surface area contributed by atoms with Gasteiger partial charge in [-0.1, -0.05) is 0 Å². The summed E-state index contributed by atoms with van der Waals surface area (Å²) in [5.41, 5.74) is -2.69. The number of H-pyrrole nitrogens is 1. The van der Waals surface area contributed by atoms with Crippen LogP contribution in [0.3, 0.4) is 0 Å². The first-order valence-corrected chi connectivity index (χ1v) is 6.71. The van der Waals surface area contributed by atoms with Crippen LogP contribution in [0.15, 0.2) is 11.0 Å². The summed E-state index contributed by atoms with van der Waals surface area (Å²) >= 11 is 0. The van der Waals surface area contributed by atoms with Crippen LogP contribution in [0.2, 0.25) is 0 Å². The number of nitrogens with one attached hydrogen (secondary N) is 1. The molecule has 1 aromatic rings. The van der Waals surface area contributed by atoms with Gasteiger partial charge < -0.3 is 9.64 Å². The van der Waals surface area contributed by atoms with Crippen LogP contribution < -0.4 is 10.5 Å². The molecule has 0 aliphatic carbocycles. The maximum Gasteiger partial charge on any atom is 0.423 e. The number of hydrogen-bond acceptors (Lipinski definition) is 4. The van der Waals surface area contributed by atoms with Crippen LogP contribution in [0.4, 0.5) is 18.9 Å². The van der Waals surface area contributed by atoms with Gasteiger partial charge >= 0.3 is 6.18 Å². The van der Waals surface area contributed by atoms with Gasteiger partial charge in [0.1, 0.15) is 5.56 Å². The number of likely N-dealkylation sites (N-methyl/N-ethyl adjacent to an activating group) is 1. The average Bonchev–Trinajstić information content (AvgIpc) is 2.35. The van der Waals surface area contributed by atoms with Crippen LogP contribution in [-0.2, 0) is 10.9 Å². The van der Waals surface area contributed by atoms with Crippen molar-refractivity contribution in [1.82, 2.24) is 10.2 Å². The molecule has 0 fully saturated rings. The number of rotatable bonds is 6. The Morgan fingerprint density at radius 2 is 2.00 bits per heavy atom. The second-order valence-corrected chi connectivity index (χ2v) is 4.97. The number of halogens is 3. The van der Waals surface area contributed by atoms with Gasteiger partial charge in [-0.25, -0.2) is 5.10 Å². The summed E-state index contributed by atoms with van der Waals surface area (Å²) in [7, 11) is 0. The molecule has 0 saturated heterocycles. The molecule has 1 aromatic heterocycles. The van der Waals surface area contributed by atoms with Gasteiger partial charge in [0.15, 0.2) is 0 Å². The molecule has 0 saturated carbocycles. The molecule has 0 aliphatic rings. The fraction of sp³-hybridized carbons (Fsp3) is 0.692. The van der Waals surface area contributed by atoms with Crippen LogP contribution in [0.25, 0.3) is 0 Å². The van der Waals surface area contributed by atoms with E-state index in [0.717, 1.165) is 6.20 Å². The van der Waals surface area contributed by atoms with Crippen molar-refractivity contribution < 1.29 is 17.9 Å². The lowest BCUT2D eigenvalue weighted by molar-refractivity contribution is -0.138. The predicted octanol–water partition coefficient (Wildman–Crippen LogP) is 2.43. The zero-order chi connectivity index (χ0) is 16.2. The van der Waals surface area contributed by atoms with E-state index in [1.54, 1.807) is 13.8 Å². The number of nitrogens with zero attached hydrogens (tertiary/aromatic N) is 2. The van der Waals surface area contributed by atoms with Crippen LogP contribution >= 0.6 is 0 Å². The minimum Gasteiger partial charge on any atom is -0.377 e. The van der Waals surface area contributed by atoms with Crippen LogP contribution in [0.1, 0.15) is 33.3 Å². The average molecular weight is 307 g/mol. The summed E-state index contributed by atoms with van der Waals surface area (Å²) in [6.07, 6.45) is -3.73. The van der Waals surface area contributed by atoms with E-state index in [4.69, 9.17) is 4.74 Å². The third kappa shape index (κ3) is 4.45. The minimum absolute atomic E-state index is 0.0226. The number of anilines is 1. The largest absolute Gasteiger partial charge is 0.423 e. The Balaban J connectivity index is 3.17. The molecular weight excluding hydrogens is 287 g/mol. The van der Waals surface area contributed by atoms with Gasteiger partial charge in [0.2, 0.25) is 0 Å². The monoisotopic (exact) mass is 307 g/mol. The SMILES string of the molecule is CCN(c1cn[nH]c(=O)c1C(F)(F)F)[C@@H](C)COC(C)C. The first-order chi connectivity index (χ1) is 9.68.